The second-order valence-electron chi connectivity index (χ2n) is 9.96. The number of aliphatic hydroxyl groups is 1. The van der Waals surface area contributed by atoms with E-state index in [4.69, 9.17) is 9.47 Å². The fourth-order valence-corrected chi connectivity index (χ4v) is 5.19. The number of carboxylic acid groups (broad SMARTS) is 1. The average molecular weight is 506 g/mol. The van der Waals surface area contributed by atoms with Crippen LogP contribution in [0.25, 0.3) is 0 Å². The molecule has 194 valence electrons. The van der Waals surface area contributed by atoms with Crippen LogP contribution in [-0.4, -0.2) is 53.0 Å². The van der Waals surface area contributed by atoms with E-state index in [1.165, 1.54) is 11.3 Å². The van der Waals surface area contributed by atoms with Gasteiger partial charge < -0.3 is 19.7 Å². The quantitative estimate of drug-likeness (QED) is 0.400. The Hall–Kier alpha value is -2.58. The summed E-state index contributed by atoms with van der Waals surface area (Å²) >= 11 is 1.33. The summed E-state index contributed by atoms with van der Waals surface area (Å²) in [7, 11) is 1.58. The smallest absolute Gasteiger partial charge is 0.414 e. The van der Waals surface area contributed by atoms with E-state index in [1.807, 2.05) is 45.0 Å². The van der Waals surface area contributed by atoms with Crippen LogP contribution in [-0.2, 0) is 5.41 Å². The van der Waals surface area contributed by atoms with E-state index in [2.05, 4.69) is 13.8 Å². The molecule has 0 spiro atoms. The maximum atomic E-state index is 12.7. The summed E-state index contributed by atoms with van der Waals surface area (Å²) in [5.74, 6) is 0.600. The van der Waals surface area contributed by atoms with E-state index in [9.17, 15) is 19.8 Å². The van der Waals surface area contributed by atoms with Crippen LogP contribution in [0.5, 0.6) is 11.5 Å². The second kappa shape index (κ2) is 11.0. The average Bonchev–Trinajstić information content (AvgIpc) is 3.29. The van der Waals surface area contributed by atoms with Crippen LogP contribution in [0.1, 0.15) is 81.4 Å². The van der Waals surface area contributed by atoms with Crippen LogP contribution < -0.4 is 9.47 Å². The van der Waals surface area contributed by atoms with Gasteiger partial charge in [0.05, 0.1) is 12.0 Å². The number of benzene rings is 1. The maximum Gasteiger partial charge on any atom is 0.414 e. The highest BCUT2D eigenvalue weighted by molar-refractivity contribution is 7.14. The SMILES string of the molecule is CCN(C(=O)O)C(=O)c1ccc(C(CC)(CC)c2ccc(OCC(C)(O)C(C)(C)C)c(OC)c2)s1. The van der Waals surface area contributed by atoms with Crippen molar-refractivity contribution in [3.05, 3.63) is 45.6 Å². The number of carbonyl (C=O) groups excluding carboxylic acids is 1. The third-order valence-corrected chi connectivity index (χ3v) is 8.41. The first-order valence-electron chi connectivity index (χ1n) is 12.0. The van der Waals surface area contributed by atoms with Crippen LogP contribution >= 0.6 is 11.3 Å². The molecule has 2 rings (SSSR count). The largest absolute Gasteiger partial charge is 0.493 e. The minimum Gasteiger partial charge on any atom is -0.493 e. The third-order valence-electron chi connectivity index (χ3n) is 7.13. The van der Waals surface area contributed by atoms with Gasteiger partial charge in [-0.3, -0.25) is 4.79 Å². The van der Waals surface area contributed by atoms with Gasteiger partial charge in [-0.1, -0.05) is 40.7 Å². The van der Waals surface area contributed by atoms with Gasteiger partial charge in [0.15, 0.2) is 11.5 Å². The van der Waals surface area contributed by atoms with E-state index < -0.39 is 17.6 Å². The van der Waals surface area contributed by atoms with Crippen LogP contribution in [0.2, 0.25) is 0 Å². The van der Waals surface area contributed by atoms with Gasteiger partial charge >= 0.3 is 6.09 Å². The van der Waals surface area contributed by atoms with Crippen molar-refractivity contribution in [1.82, 2.24) is 4.90 Å². The number of methoxy groups -OCH3 is 1. The Morgan fingerprint density at radius 2 is 1.63 bits per heavy atom. The molecule has 1 aromatic heterocycles. The number of thiophene rings is 1. The summed E-state index contributed by atoms with van der Waals surface area (Å²) in [6.07, 6.45) is 0.294. The number of rotatable bonds is 10. The minimum absolute atomic E-state index is 0.0921. The number of nitrogens with zero attached hydrogens (tertiary/aromatic N) is 1. The highest BCUT2D eigenvalue weighted by Crippen LogP contribution is 2.45. The highest BCUT2D eigenvalue weighted by atomic mass is 32.1. The summed E-state index contributed by atoms with van der Waals surface area (Å²) in [6, 6.07) is 9.42. The summed E-state index contributed by atoms with van der Waals surface area (Å²) < 4.78 is 11.6. The predicted molar refractivity (Wildman–Crippen MR) is 139 cm³/mol. The number of hydrogen-bond donors (Lipinski definition) is 2. The molecule has 0 radical (unpaired) electrons. The predicted octanol–water partition coefficient (Wildman–Crippen LogP) is 6.18. The van der Waals surface area contributed by atoms with Crippen LogP contribution in [0.15, 0.2) is 30.3 Å². The molecule has 0 aliphatic rings. The standard InChI is InChI=1S/C27H39NO6S/c1-9-27(10-2,22-15-14-21(35-22)23(29)28(11-3)24(30)31)18-12-13-19(20(16-18)33-8)34-17-26(7,32)25(4,5)6/h12-16,32H,9-11,17H2,1-8H3,(H,30,31). The van der Waals surface area contributed by atoms with Crippen molar-refractivity contribution in [1.29, 1.82) is 0 Å². The van der Waals surface area contributed by atoms with Gasteiger partial charge in [0, 0.05) is 16.8 Å². The highest BCUT2D eigenvalue weighted by Gasteiger charge is 2.37. The molecule has 2 aromatic rings. The van der Waals surface area contributed by atoms with Crippen molar-refractivity contribution in [2.75, 3.05) is 20.3 Å². The lowest BCUT2D eigenvalue weighted by Crippen LogP contribution is -2.45. The molecule has 2 N–H and O–H groups in total. The Labute approximate surface area is 212 Å². The van der Waals surface area contributed by atoms with Crippen molar-refractivity contribution >= 4 is 23.3 Å². The molecular formula is C27H39NO6S. The van der Waals surface area contributed by atoms with Gasteiger partial charge in [-0.05, 0) is 61.9 Å². The Morgan fingerprint density at radius 3 is 2.11 bits per heavy atom. The van der Waals surface area contributed by atoms with E-state index >= 15 is 0 Å². The Balaban J connectivity index is 2.44. The van der Waals surface area contributed by atoms with Crippen molar-refractivity contribution in [2.24, 2.45) is 5.41 Å². The van der Waals surface area contributed by atoms with E-state index in [0.717, 1.165) is 28.2 Å². The summed E-state index contributed by atoms with van der Waals surface area (Å²) in [6.45, 7) is 13.7. The maximum absolute atomic E-state index is 12.7. The number of carbonyl (C=O) groups is 2. The first-order valence-corrected chi connectivity index (χ1v) is 12.8. The molecule has 35 heavy (non-hydrogen) atoms. The topological polar surface area (TPSA) is 96.3 Å². The minimum atomic E-state index is -1.25. The Morgan fingerprint density at radius 1 is 1.00 bits per heavy atom. The van der Waals surface area contributed by atoms with Crippen molar-refractivity contribution in [2.45, 2.75) is 72.3 Å². The van der Waals surface area contributed by atoms with Gasteiger partial charge in [-0.2, -0.15) is 0 Å². The molecule has 1 atom stereocenters. The summed E-state index contributed by atoms with van der Waals surface area (Å²) in [4.78, 5) is 26.4. The molecule has 1 heterocycles. The van der Waals surface area contributed by atoms with E-state index in [0.29, 0.717) is 16.4 Å². The van der Waals surface area contributed by atoms with E-state index in [-0.39, 0.29) is 24.0 Å². The van der Waals surface area contributed by atoms with Crippen molar-refractivity contribution < 1.29 is 29.3 Å². The second-order valence-corrected chi connectivity index (χ2v) is 11.0. The molecular weight excluding hydrogens is 466 g/mol. The number of hydrogen-bond acceptors (Lipinski definition) is 6. The fourth-order valence-electron chi connectivity index (χ4n) is 3.88. The van der Waals surface area contributed by atoms with Gasteiger partial charge in [-0.15, -0.1) is 11.3 Å². The van der Waals surface area contributed by atoms with Gasteiger partial charge in [0.1, 0.15) is 12.2 Å². The lowest BCUT2D eigenvalue weighted by Gasteiger charge is -2.37. The van der Waals surface area contributed by atoms with Crippen LogP contribution in [0, 0.1) is 5.41 Å². The lowest BCUT2D eigenvalue weighted by atomic mass is 9.74. The number of imide groups is 1. The Kier molecular flexibility index (Phi) is 9.00. The molecule has 0 saturated heterocycles. The van der Waals surface area contributed by atoms with Gasteiger partial charge in [-0.25, -0.2) is 9.69 Å². The molecule has 0 aliphatic carbocycles. The normalized spacial score (nSPS) is 13.7. The molecule has 7 nitrogen and oxygen atoms in total. The zero-order chi connectivity index (χ0) is 26.6. The number of ether oxygens (including phenoxy) is 2. The molecule has 1 aromatic carbocycles. The zero-order valence-electron chi connectivity index (χ0n) is 22.1. The Bertz CT molecular complexity index is 1030. The summed E-state index contributed by atoms with van der Waals surface area (Å²) in [5.41, 5.74) is -0.760. The molecule has 2 amide bonds. The van der Waals surface area contributed by atoms with Crippen LogP contribution in [0.4, 0.5) is 4.79 Å². The molecule has 8 heteroatoms. The van der Waals surface area contributed by atoms with E-state index in [1.54, 1.807) is 27.0 Å². The molecule has 0 bridgehead atoms. The van der Waals surface area contributed by atoms with Gasteiger partial charge in [0.25, 0.3) is 5.91 Å². The molecule has 0 saturated carbocycles. The summed E-state index contributed by atoms with van der Waals surface area (Å²) in [5, 5.41) is 20.1. The monoisotopic (exact) mass is 505 g/mol. The zero-order valence-corrected chi connectivity index (χ0v) is 22.9. The third kappa shape index (κ3) is 5.81. The number of amides is 2. The molecule has 0 fully saturated rings. The van der Waals surface area contributed by atoms with Gasteiger partial charge in [0.2, 0.25) is 0 Å². The fraction of sp³-hybridized carbons (Fsp3) is 0.556. The lowest BCUT2D eigenvalue weighted by molar-refractivity contribution is -0.0727. The van der Waals surface area contributed by atoms with Crippen molar-refractivity contribution in [3.63, 3.8) is 0 Å². The van der Waals surface area contributed by atoms with Crippen LogP contribution in [0.3, 0.4) is 0 Å². The van der Waals surface area contributed by atoms with Crippen molar-refractivity contribution in [3.8, 4) is 11.5 Å². The molecule has 0 aliphatic heterocycles. The first kappa shape index (κ1) is 28.7. The first-order chi connectivity index (χ1) is 16.3. The molecule has 1 unspecified atom stereocenters.